The fraction of sp³-hybridized carbons (Fsp3) is 0.167. The van der Waals surface area contributed by atoms with Crippen LogP contribution in [0.3, 0.4) is 0 Å². The minimum absolute atomic E-state index is 0.114. The van der Waals surface area contributed by atoms with E-state index in [1.807, 2.05) is 30.3 Å². The summed E-state index contributed by atoms with van der Waals surface area (Å²) >= 11 is 5.93. The van der Waals surface area contributed by atoms with Crippen LogP contribution in [0.4, 0.5) is 4.39 Å². The van der Waals surface area contributed by atoms with Crippen LogP contribution in [0.25, 0.3) is 0 Å². The molecule has 0 saturated carbocycles. The maximum atomic E-state index is 13.0. The molecule has 2 N–H and O–H groups in total. The Morgan fingerprint density at radius 3 is 2.77 bits per heavy atom. The van der Waals surface area contributed by atoms with E-state index in [2.05, 4.69) is 15.6 Å². The van der Waals surface area contributed by atoms with E-state index in [1.165, 1.54) is 29.1 Å². The van der Waals surface area contributed by atoms with E-state index in [0.717, 1.165) is 5.56 Å². The first-order valence-electron chi connectivity index (χ1n) is 7.88. The van der Waals surface area contributed by atoms with Crippen LogP contribution in [0.15, 0.2) is 54.7 Å². The molecule has 0 aliphatic carbocycles. The number of aliphatic hydroxyl groups excluding tert-OH is 1. The Hall–Kier alpha value is -2.77. The van der Waals surface area contributed by atoms with E-state index < -0.39 is 17.8 Å². The van der Waals surface area contributed by atoms with Gasteiger partial charge < -0.3 is 10.4 Å². The third-order valence-corrected chi connectivity index (χ3v) is 4.12. The van der Waals surface area contributed by atoms with Crippen molar-refractivity contribution in [2.24, 2.45) is 0 Å². The molecule has 8 heteroatoms. The summed E-state index contributed by atoms with van der Waals surface area (Å²) in [5.41, 5.74) is 1.46. The van der Waals surface area contributed by atoms with Gasteiger partial charge in [0.05, 0.1) is 18.8 Å². The summed E-state index contributed by atoms with van der Waals surface area (Å²) < 4.78 is 14.4. The van der Waals surface area contributed by atoms with Crippen LogP contribution in [0.2, 0.25) is 5.02 Å². The van der Waals surface area contributed by atoms with Crippen molar-refractivity contribution < 1.29 is 14.3 Å². The number of aliphatic hydroxyl groups is 1. The van der Waals surface area contributed by atoms with E-state index in [1.54, 1.807) is 0 Å². The quantitative estimate of drug-likeness (QED) is 0.695. The van der Waals surface area contributed by atoms with Gasteiger partial charge in [-0.15, -0.1) is 5.10 Å². The molecule has 1 heterocycles. The van der Waals surface area contributed by atoms with Crippen molar-refractivity contribution in [3.63, 3.8) is 0 Å². The van der Waals surface area contributed by atoms with Gasteiger partial charge in [-0.3, -0.25) is 4.79 Å². The average molecular weight is 375 g/mol. The molecule has 3 aromatic rings. The lowest BCUT2D eigenvalue weighted by Crippen LogP contribution is -2.23. The molecule has 0 aliphatic heterocycles. The number of aromatic nitrogens is 3. The molecule has 0 saturated heterocycles. The van der Waals surface area contributed by atoms with Gasteiger partial charge in [0.15, 0.2) is 5.69 Å². The zero-order chi connectivity index (χ0) is 18.5. The van der Waals surface area contributed by atoms with Gasteiger partial charge in [-0.2, -0.15) is 0 Å². The molecular formula is C18H16ClFN4O2. The van der Waals surface area contributed by atoms with E-state index >= 15 is 0 Å². The molecule has 0 aliphatic rings. The van der Waals surface area contributed by atoms with Crippen LogP contribution in [0.5, 0.6) is 0 Å². The Balaban J connectivity index is 1.59. The van der Waals surface area contributed by atoms with Crippen molar-refractivity contribution >= 4 is 17.5 Å². The molecule has 0 spiro atoms. The van der Waals surface area contributed by atoms with Crippen LogP contribution in [0.1, 0.15) is 27.7 Å². The maximum Gasteiger partial charge on any atom is 0.273 e. The molecule has 0 unspecified atom stereocenters. The summed E-state index contributed by atoms with van der Waals surface area (Å²) in [6.45, 7) is 0.311. The van der Waals surface area contributed by atoms with Gasteiger partial charge in [0.2, 0.25) is 0 Å². The van der Waals surface area contributed by atoms with E-state index in [-0.39, 0.29) is 23.8 Å². The summed E-state index contributed by atoms with van der Waals surface area (Å²) in [5, 5.41) is 20.7. The molecule has 0 bridgehead atoms. The molecule has 2 aromatic carbocycles. The highest BCUT2D eigenvalue weighted by Crippen LogP contribution is 2.17. The minimum Gasteiger partial charge on any atom is -0.386 e. The SMILES string of the molecule is O=C(NCc1ccc(F)cc1Cl)c1cn(C[C@H](O)c2ccccc2)nn1. The fourth-order valence-corrected chi connectivity index (χ4v) is 2.61. The van der Waals surface area contributed by atoms with Crippen molar-refractivity contribution in [3.8, 4) is 0 Å². The monoisotopic (exact) mass is 374 g/mol. The lowest BCUT2D eigenvalue weighted by Gasteiger charge is -2.09. The van der Waals surface area contributed by atoms with Gasteiger partial charge in [0.25, 0.3) is 5.91 Å². The Bertz CT molecular complexity index is 901. The minimum atomic E-state index is -0.758. The number of nitrogens with zero attached hydrogens (tertiary/aromatic N) is 3. The van der Waals surface area contributed by atoms with Crippen LogP contribution in [-0.4, -0.2) is 26.0 Å². The topological polar surface area (TPSA) is 80.0 Å². The van der Waals surface area contributed by atoms with E-state index in [9.17, 15) is 14.3 Å². The molecule has 134 valence electrons. The second kappa shape index (κ2) is 8.07. The first-order valence-corrected chi connectivity index (χ1v) is 8.26. The first-order chi connectivity index (χ1) is 12.5. The molecule has 26 heavy (non-hydrogen) atoms. The van der Waals surface area contributed by atoms with Crippen LogP contribution in [-0.2, 0) is 13.1 Å². The van der Waals surface area contributed by atoms with Crippen LogP contribution in [0, 0.1) is 5.82 Å². The summed E-state index contributed by atoms with van der Waals surface area (Å²) in [6.07, 6.45) is 0.695. The van der Waals surface area contributed by atoms with Crippen LogP contribution < -0.4 is 5.32 Å². The molecule has 1 amide bonds. The van der Waals surface area contributed by atoms with Crippen LogP contribution >= 0.6 is 11.6 Å². The zero-order valence-corrected chi connectivity index (χ0v) is 14.4. The standard InChI is InChI=1S/C18H16ClFN4O2/c19-15-8-14(20)7-6-13(15)9-21-18(26)16-10-24(23-22-16)11-17(25)12-4-2-1-3-5-12/h1-8,10,17,25H,9,11H2,(H,21,26)/t17-/m0/s1. The number of halogens is 2. The molecule has 6 nitrogen and oxygen atoms in total. The van der Waals surface area contributed by atoms with Crippen molar-refractivity contribution in [2.45, 2.75) is 19.2 Å². The molecule has 3 rings (SSSR count). The smallest absolute Gasteiger partial charge is 0.273 e. The normalized spacial score (nSPS) is 12.0. The number of nitrogens with one attached hydrogen (secondary N) is 1. The molecule has 0 fully saturated rings. The summed E-state index contributed by atoms with van der Waals surface area (Å²) in [6, 6.07) is 13.1. The number of hydrogen-bond donors (Lipinski definition) is 2. The highest BCUT2D eigenvalue weighted by Gasteiger charge is 2.14. The number of hydrogen-bond acceptors (Lipinski definition) is 4. The van der Waals surface area contributed by atoms with Gasteiger partial charge in [-0.25, -0.2) is 9.07 Å². The second-order valence-electron chi connectivity index (χ2n) is 5.67. The number of benzene rings is 2. The van der Waals surface area contributed by atoms with Crippen molar-refractivity contribution in [2.75, 3.05) is 0 Å². The van der Waals surface area contributed by atoms with Gasteiger partial charge >= 0.3 is 0 Å². The predicted octanol–water partition coefficient (Wildman–Crippen LogP) is 2.73. The first kappa shape index (κ1) is 18.0. The lowest BCUT2D eigenvalue weighted by atomic mass is 10.1. The number of carbonyl (C=O) groups is 1. The van der Waals surface area contributed by atoms with Gasteiger partial charge in [-0.1, -0.05) is 53.2 Å². The Kier molecular flexibility index (Phi) is 5.60. The second-order valence-corrected chi connectivity index (χ2v) is 6.08. The fourth-order valence-electron chi connectivity index (χ4n) is 2.38. The molecule has 1 atom stereocenters. The van der Waals surface area contributed by atoms with Crippen molar-refractivity contribution in [1.29, 1.82) is 0 Å². The molecule has 0 radical (unpaired) electrons. The summed E-state index contributed by atoms with van der Waals surface area (Å²) in [5.74, 6) is -0.879. The maximum absolute atomic E-state index is 13.0. The highest BCUT2D eigenvalue weighted by atomic mass is 35.5. The predicted molar refractivity (Wildman–Crippen MR) is 94.0 cm³/mol. The molecular weight excluding hydrogens is 359 g/mol. The Labute approximate surface area is 154 Å². The van der Waals surface area contributed by atoms with Gasteiger partial charge in [0.1, 0.15) is 5.82 Å². The summed E-state index contributed by atoms with van der Waals surface area (Å²) in [4.78, 5) is 12.2. The highest BCUT2D eigenvalue weighted by molar-refractivity contribution is 6.31. The lowest BCUT2D eigenvalue weighted by molar-refractivity contribution is 0.0945. The molecule has 1 aromatic heterocycles. The number of carbonyl (C=O) groups excluding carboxylic acids is 1. The number of rotatable bonds is 6. The van der Waals surface area contributed by atoms with Crippen molar-refractivity contribution in [1.82, 2.24) is 20.3 Å². The Morgan fingerprint density at radius 2 is 2.04 bits per heavy atom. The Morgan fingerprint density at radius 1 is 1.27 bits per heavy atom. The third-order valence-electron chi connectivity index (χ3n) is 3.77. The zero-order valence-electron chi connectivity index (χ0n) is 13.6. The van der Waals surface area contributed by atoms with E-state index in [4.69, 9.17) is 11.6 Å². The number of amides is 1. The van der Waals surface area contributed by atoms with Crippen molar-refractivity contribution in [3.05, 3.63) is 82.4 Å². The average Bonchev–Trinajstić information content (AvgIpc) is 3.10. The summed E-state index contributed by atoms with van der Waals surface area (Å²) in [7, 11) is 0. The van der Waals surface area contributed by atoms with E-state index in [0.29, 0.717) is 5.56 Å². The third kappa shape index (κ3) is 4.44. The largest absolute Gasteiger partial charge is 0.386 e. The van der Waals surface area contributed by atoms with Gasteiger partial charge in [0, 0.05) is 11.6 Å². The van der Waals surface area contributed by atoms with Gasteiger partial charge in [-0.05, 0) is 23.3 Å².